The SMILES string of the molecule is CN(Cc1cnc(NC[C@@H]2CCCO2)nc1)Cc1ccc2nsnc2c1. The van der Waals surface area contributed by atoms with E-state index in [1.807, 2.05) is 18.5 Å². The van der Waals surface area contributed by atoms with Crippen molar-refractivity contribution in [3.8, 4) is 0 Å². The summed E-state index contributed by atoms with van der Waals surface area (Å²) in [4.78, 5) is 11.1. The maximum Gasteiger partial charge on any atom is 0.222 e. The summed E-state index contributed by atoms with van der Waals surface area (Å²) in [5.41, 5.74) is 4.24. The average Bonchev–Trinajstić information content (AvgIpc) is 3.32. The molecule has 7 nitrogen and oxygen atoms in total. The summed E-state index contributed by atoms with van der Waals surface area (Å²) in [5, 5.41) is 3.25. The fraction of sp³-hybridized carbons (Fsp3) is 0.444. The van der Waals surface area contributed by atoms with Gasteiger partial charge < -0.3 is 10.1 Å². The second-order valence-electron chi connectivity index (χ2n) is 6.69. The third kappa shape index (κ3) is 4.32. The predicted molar refractivity (Wildman–Crippen MR) is 102 cm³/mol. The van der Waals surface area contributed by atoms with E-state index in [1.165, 1.54) is 17.3 Å². The van der Waals surface area contributed by atoms with Crippen molar-refractivity contribution < 1.29 is 4.74 Å². The molecule has 1 aliphatic heterocycles. The Hall–Kier alpha value is -2.16. The van der Waals surface area contributed by atoms with Crippen molar-refractivity contribution >= 4 is 28.7 Å². The number of benzene rings is 1. The van der Waals surface area contributed by atoms with Crippen molar-refractivity contribution in [2.45, 2.75) is 32.0 Å². The number of hydrogen-bond acceptors (Lipinski definition) is 8. The van der Waals surface area contributed by atoms with Crippen molar-refractivity contribution in [3.63, 3.8) is 0 Å². The number of nitrogens with one attached hydrogen (secondary N) is 1. The minimum atomic E-state index is 0.287. The Bertz CT molecular complexity index is 846. The Kier molecular flexibility index (Phi) is 5.33. The van der Waals surface area contributed by atoms with Gasteiger partial charge in [-0.15, -0.1) is 0 Å². The summed E-state index contributed by atoms with van der Waals surface area (Å²) in [6.45, 7) is 3.27. The van der Waals surface area contributed by atoms with Gasteiger partial charge in [-0.25, -0.2) is 9.97 Å². The Morgan fingerprint density at radius 3 is 2.77 bits per heavy atom. The van der Waals surface area contributed by atoms with Crippen LogP contribution in [0, 0.1) is 0 Å². The Morgan fingerprint density at radius 2 is 1.96 bits per heavy atom. The lowest BCUT2D eigenvalue weighted by molar-refractivity contribution is 0.120. The molecule has 3 aromatic rings. The van der Waals surface area contributed by atoms with E-state index < -0.39 is 0 Å². The molecule has 1 saturated heterocycles. The molecule has 0 spiro atoms. The van der Waals surface area contributed by atoms with Gasteiger partial charge in [0.25, 0.3) is 0 Å². The highest BCUT2D eigenvalue weighted by atomic mass is 32.1. The molecule has 1 fully saturated rings. The molecule has 0 radical (unpaired) electrons. The molecule has 26 heavy (non-hydrogen) atoms. The molecule has 0 unspecified atom stereocenters. The zero-order valence-corrected chi connectivity index (χ0v) is 15.6. The largest absolute Gasteiger partial charge is 0.376 e. The normalized spacial score (nSPS) is 17.2. The Morgan fingerprint density at radius 1 is 1.15 bits per heavy atom. The zero-order valence-electron chi connectivity index (χ0n) is 14.8. The molecule has 136 valence electrons. The molecular formula is C18H22N6OS. The van der Waals surface area contributed by atoms with Gasteiger partial charge in [0, 0.05) is 44.2 Å². The molecule has 0 saturated carbocycles. The van der Waals surface area contributed by atoms with Crippen LogP contribution < -0.4 is 5.32 Å². The number of aromatic nitrogens is 4. The van der Waals surface area contributed by atoms with E-state index in [4.69, 9.17) is 4.74 Å². The number of nitrogens with zero attached hydrogens (tertiary/aromatic N) is 5. The highest BCUT2D eigenvalue weighted by Crippen LogP contribution is 2.16. The molecule has 1 aromatic carbocycles. The van der Waals surface area contributed by atoms with Crippen LogP contribution in [-0.4, -0.2) is 49.9 Å². The molecule has 2 aromatic heterocycles. The van der Waals surface area contributed by atoms with Gasteiger partial charge in [0.1, 0.15) is 11.0 Å². The molecule has 0 amide bonds. The monoisotopic (exact) mass is 370 g/mol. The third-order valence-corrected chi connectivity index (χ3v) is 5.00. The van der Waals surface area contributed by atoms with Crippen LogP contribution in [0.2, 0.25) is 0 Å². The van der Waals surface area contributed by atoms with Crippen LogP contribution in [0.25, 0.3) is 11.0 Å². The van der Waals surface area contributed by atoms with Crippen molar-refractivity contribution in [3.05, 3.63) is 41.7 Å². The van der Waals surface area contributed by atoms with E-state index in [9.17, 15) is 0 Å². The minimum absolute atomic E-state index is 0.287. The second-order valence-corrected chi connectivity index (χ2v) is 7.22. The summed E-state index contributed by atoms with van der Waals surface area (Å²) in [5.74, 6) is 0.661. The number of ether oxygens (including phenoxy) is 1. The van der Waals surface area contributed by atoms with Crippen LogP contribution >= 0.6 is 11.7 Å². The van der Waals surface area contributed by atoms with Gasteiger partial charge in [-0.3, -0.25) is 4.90 Å². The van der Waals surface area contributed by atoms with E-state index in [2.05, 4.69) is 48.1 Å². The summed E-state index contributed by atoms with van der Waals surface area (Å²) >= 11 is 1.25. The first-order valence-electron chi connectivity index (χ1n) is 8.82. The first-order chi connectivity index (χ1) is 12.8. The Balaban J connectivity index is 1.29. The van der Waals surface area contributed by atoms with Gasteiger partial charge in [-0.05, 0) is 37.6 Å². The molecule has 8 heteroatoms. The molecular weight excluding hydrogens is 348 g/mol. The van der Waals surface area contributed by atoms with E-state index in [-0.39, 0.29) is 6.10 Å². The standard InChI is InChI=1S/C18H22N6OS/c1-24(11-13-4-5-16-17(7-13)23-26-22-16)12-14-8-19-18(20-9-14)21-10-15-3-2-6-25-15/h4-5,7-9,15H,2-3,6,10-12H2,1H3,(H,19,20,21)/t15-/m0/s1. The molecule has 0 aliphatic carbocycles. The van der Waals surface area contributed by atoms with Crippen LogP contribution in [-0.2, 0) is 17.8 Å². The lowest BCUT2D eigenvalue weighted by Crippen LogP contribution is -2.20. The van der Waals surface area contributed by atoms with Gasteiger partial charge in [0.05, 0.1) is 17.8 Å². The summed E-state index contributed by atoms with van der Waals surface area (Å²) in [6, 6.07) is 6.23. The molecule has 4 rings (SSSR count). The van der Waals surface area contributed by atoms with Crippen LogP contribution in [0.3, 0.4) is 0 Å². The average molecular weight is 370 g/mol. The lowest BCUT2D eigenvalue weighted by atomic mass is 10.2. The van der Waals surface area contributed by atoms with Crippen molar-refractivity contribution in [1.82, 2.24) is 23.6 Å². The summed E-state index contributed by atoms with van der Waals surface area (Å²) in [6.07, 6.45) is 6.31. The number of rotatable bonds is 7. The van der Waals surface area contributed by atoms with Crippen LogP contribution in [0.15, 0.2) is 30.6 Å². The second kappa shape index (κ2) is 8.03. The summed E-state index contributed by atoms with van der Waals surface area (Å²) < 4.78 is 14.1. The van der Waals surface area contributed by atoms with Gasteiger partial charge in [0.2, 0.25) is 5.95 Å². The quantitative estimate of drug-likeness (QED) is 0.685. The fourth-order valence-corrected chi connectivity index (χ4v) is 3.66. The number of anilines is 1. The van der Waals surface area contributed by atoms with Gasteiger partial charge in [-0.2, -0.15) is 8.75 Å². The Labute approximate surface area is 156 Å². The first-order valence-corrected chi connectivity index (χ1v) is 9.55. The van der Waals surface area contributed by atoms with Crippen LogP contribution in [0.1, 0.15) is 24.0 Å². The van der Waals surface area contributed by atoms with Crippen molar-refractivity contribution in [2.24, 2.45) is 0 Å². The fourth-order valence-electron chi connectivity index (χ4n) is 3.14. The van der Waals surface area contributed by atoms with E-state index in [0.717, 1.165) is 55.7 Å². The van der Waals surface area contributed by atoms with E-state index in [1.54, 1.807) is 0 Å². The van der Waals surface area contributed by atoms with Gasteiger partial charge in [0.15, 0.2) is 0 Å². The predicted octanol–water partition coefficient (Wildman–Crippen LogP) is 2.70. The highest BCUT2D eigenvalue weighted by Gasteiger charge is 2.15. The van der Waals surface area contributed by atoms with Gasteiger partial charge >= 0.3 is 0 Å². The van der Waals surface area contributed by atoms with Crippen LogP contribution in [0.5, 0.6) is 0 Å². The molecule has 1 atom stereocenters. The van der Waals surface area contributed by atoms with Gasteiger partial charge in [-0.1, -0.05) is 6.07 Å². The smallest absolute Gasteiger partial charge is 0.222 e. The van der Waals surface area contributed by atoms with E-state index >= 15 is 0 Å². The maximum atomic E-state index is 5.60. The molecule has 1 N–H and O–H groups in total. The van der Waals surface area contributed by atoms with E-state index in [0.29, 0.717) is 5.95 Å². The molecule has 0 bridgehead atoms. The number of hydrogen-bond donors (Lipinski definition) is 1. The highest BCUT2D eigenvalue weighted by molar-refractivity contribution is 7.00. The number of fused-ring (bicyclic) bond motifs is 1. The van der Waals surface area contributed by atoms with Crippen LogP contribution in [0.4, 0.5) is 5.95 Å². The van der Waals surface area contributed by atoms with Crippen molar-refractivity contribution in [1.29, 1.82) is 0 Å². The lowest BCUT2D eigenvalue weighted by Gasteiger charge is -2.16. The zero-order chi connectivity index (χ0) is 17.8. The minimum Gasteiger partial charge on any atom is -0.376 e. The molecule has 1 aliphatic rings. The third-order valence-electron chi connectivity index (χ3n) is 4.44. The summed E-state index contributed by atoms with van der Waals surface area (Å²) in [7, 11) is 2.09. The topological polar surface area (TPSA) is 76.1 Å². The maximum absolute atomic E-state index is 5.60. The molecule has 3 heterocycles. The first kappa shape index (κ1) is 17.3. The van der Waals surface area contributed by atoms with Crippen molar-refractivity contribution in [2.75, 3.05) is 25.5 Å².